The smallest absolute Gasteiger partial charge is 0.194 e. The summed E-state index contributed by atoms with van der Waals surface area (Å²) >= 11 is 0. The number of nitrogens with one attached hydrogen (secondary N) is 1. The molecule has 0 unspecified atom stereocenters. The number of aliphatic imine (C=N–C) groups is 1. The summed E-state index contributed by atoms with van der Waals surface area (Å²) in [6, 6.07) is 7.18. The van der Waals surface area contributed by atoms with Crippen molar-refractivity contribution in [2.75, 3.05) is 39.8 Å². The van der Waals surface area contributed by atoms with E-state index >= 15 is 0 Å². The molecule has 0 radical (unpaired) electrons. The van der Waals surface area contributed by atoms with E-state index in [0.29, 0.717) is 12.3 Å². The second kappa shape index (κ2) is 11.2. The number of phenolic OH excluding ortho intramolecular Hbond substituents is 1. The normalized spacial score (nSPS) is 15.1. The van der Waals surface area contributed by atoms with Gasteiger partial charge in [-0.25, -0.2) is 4.99 Å². The van der Waals surface area contributed by atoms with E-state index in [1.807, 2.05) is 19.1 Å². The number of hydrogen-bond donors (Lipinski definition) is 2. The van der Waals surface area contributed by atoms with Gasteiger partial charge in [-0.3, -0.25) is 4.90 Å². The van der Waals surface area contributed by atoms with Gasteiger partial charge in [-0.1, -0.05) is 5.16 Å². The van der Waals surface area contributed by atoms with Gasteiger partial charge in [0.25, 0.3) is 0 Å². The van der Waals surface area contributed by atoms with Crippen molar-refractivity contribution in [1.82, 2.24) is 20.3 Å². The molecule has 1 aliphatic heterocycles. The van der Waals surface area contributed by atoms with Crippen LogP contribution in [0.15, 0.2) is 33.8 Å². The molecule has 1 aromatic heterocycles. The highest BCUT2D eigenvalue weighted by Crippen LogP contribution is 2.23. The molecule has 29 heavy (non-hydrogen) atoms. The van der Waals surface area contributed by atoms with Crippen LogP contribution < -0.4 is 10.1 Å². The number of aromatic nitrogens is 1. The molecule has 0 saturated carbocycles. The summed E-state index contributed by atoms with van der Waals surface area (Å²) in [4.78, 5) is 9.35. The number of nitrogens with zero attached hydrogens (tertiary/aromatic N) is 4. The molecule has 9 heteroatoms. The Morgan fingerprint density at radius 1 is 1.28 bits per heavy atom. The highest BCUT2D eigenvalue weighted by atomic mass is 127. The van der Waals surface area contributed by atoms with E-state index in [9.17, 15) is 5.11 Å². The summed E-state index contributed by atoms with van der Waals surface area (Å²) in [6.45, 7) is 9.58. The van der Waals surface area contributed by atoms with Gasteiger partial charge in [-0.2, -0.15) is 0 Å². The fraction of sp³-hybridized carbons (Fsp3) is 0.500. The number of aromatic hydroxyl groups is 1. The van der Waals surface area contributed by atoms with Crippen LogP contribution in [0, 0.1) is 6.92 Å². The van der Waals surface area contributed by atoms with Crippen LogP contribution in [-0.2, 0) is 13.1 Å². The van der Waals surface area contributed by atoms with Crippen molar-refractivity contribution in [2.45, 2.75) is 26.9 Å². The average molecular weight is 515 g/mol. The van der Waals surface area contributed by atoms with Crippen LogP contribution in [0.1, 0.15) is 23.9 Å². The lowest BCUT2D eigenvalue weighted by Crippen LogP contribution is -2.52. The van der Waals surface area contributed by atoms with Crippen LogP contribution in [0.5, 0.6) is 11.5 Å². The Balaban J connectivity index is 0.00000300. The zero-order chi connectivity index (χ0) is 19.9. The first kappa shape index (κ1) is 23.3. The second-order valence-corrected chi connectivity index (χ2v) is 6.86. The van der Waals surface area contributed by atoms with Crippen LogP contribution in [0.3, 0.4) is 0 Å². The molecule has 2 heterocycles. The summed E-state index contributed by atoms with van der Waals surface area (Å²) in [6.07, 6.45) is 0. The van der Waals surface area contributed by atoms with Gasteiger partial charge in [-0.05, 0) is 32.0 Å². The quantitative estimate of drug-likeness (QED) is 0.348. The molecule has 0 aliphatic carbocycles. The van der Waals surface area contributed by atoms with Crippen molar-refractivity contribution in [1.29, 1.82) is 0 Å². The van der Waals surface area contributed by atoms with Gasteiger partial charge < -0.3 is 24.6 Å². The molecular formula is C20H30IN5O3. The van der Waals surface area contributed by atoms with E-state index in [1.54, 1.807) is 19.2 Å². The number of ether oxygens (including phenoxy) is 1. The van der Waals surface area contributed by atoms with E-state index in [2.05, 4.69) is 27.2 Å². The van der Waals surface area contributed by atoms with Crippen molar-refractivity contribution in [3.8, 4) is 11.5 Å². The molecule has 8 nitrogen and oxygen atoms in total. The number of phenols is 1. The largest absolute Gasteiger partial charge is 0.508 e. The van der Waals surface area contributed by atoms with Crippen LogP contribution in [-0.4, -0.2) is 65.9 Å². The fourth-order valence-electron chi connectivity index (χ4n) is 3.24. The van der Waals surface area contributed by atoms with E-state index in [-0.39, 0.29) is 29.7 Å². The number of methoxy groups -OCH3 is 1. The SMILES string of the molecule is CCNC(=NCc1cc(OC)ccc1O)N1CCN(Cc2cc(C)on2)CC1.I. The maximum Gasteiger partial charge on any atom is 0.194 e. The molecule has 1 aromatic carbocycles. The lowest BCUT2D eigenvalue weighted by atomic mass is 10.2. The Hall–Kier alpha value is -2.01. The molecule has 3 rings (SSSR count). The first-order chi connectivity index (χ1) is 13.6. The van der Waals surface area contributed by atoms with Crippen molar-refractivity contribution >= 4 is 29.9 Å². The first-order valence-corrected chi connectivity index (χ1v) is 9.62. The Morgan fingerprint density at radius 3 is 2.66 bits per heavy atom. The molecule has 1 saturated heterocycles. The number of benzene rings is 1. The number of piperazine rings is 1. The van der Waals surface area contributed by atoms with E-state index in [4.69, 9.17) is 14.3 Å². The van der Waals surface area contributed by atoms with Crippen LogP contribution in [0.25, 0.3) is 0 Å². The number of guanidine groups is 1. The standard InChI is InChI=1S/C20H29N5O3.HI/c1-4-21-20(22-13-16-12-18(27-3)5-6-19(16)26)25-9-7-24(8-10-25)14-17-11-15(2)28-23-17;/h5-6,11-12,26H,4,7-10,13-14H2,1-3H3,(H,21,22);1H. The minimum atomic E-state index is 0. The monoisotopic (exact) mass is 515 g/mol. The van der Waals surface area contributed by atoms with Crippen molar-refractivity contribution in [2.24, 2.45) is 4.99 Å². The van der Waals surface area contributed by atoms with Gasteiger partial charge >= 0.3 is 0 Å². The topological polar surface area (TPSA) is 86.4 Å². The predicted octanol–water partition coefficient (Wildman–Crippen LogP) is 2.60. The minimum absolute atomic E-state index is 0. The molecule has 160 valence electrons. The van der Waals surface area contributed by atoms with Gasteiger partial charge in [0.1, 0.15) is 17.3 Å². The minimum Gasteiger partial charge on any atom is -0.508 e. The summed E-state index contributed by atoms with van der Waals surface area (Å²) in [5.74, 6) is 2.65. The lowest BCUT2D eigenvalue weighted by Gasteiger charge is -2.36. The van der Waals surface area contributed by atoms with Gasteiger partial charge in [0.2, 0.25) is 0 Å². The molecule has 0 amide bonds. The number of halogens is 1. The van der Waals surface area contributed by atoms with Crippen LogP contribution in [0.4, 0.5) is 0 Å². The van der Waals surface area contributed by atoms with Crippen molar-refractivity contribution in [3.63, 3.8) is 0 Å². The molecule has 0 atom stereocenters. The van der Waals surface area contributed by atoms with Gasteiger partial charge in [-0.15, -0.1) is 24.0 Å². The zero-order valence-corrected chi connectivity index (χ0v) is 19.6. The lowest BCUT2D eigenvalue weighted by molar-refractivity contribution is 0.169. The molecule has 1 fully saturated rings. The van der Waals surface area contributed by atoms with Gasteiger partial charge in [0.05, 0.1) is 19.3 Å². The summed E-state index contributed by atoms with van der Waals surface area (Å²) in [7, 11) is 1.61. The Labute approximate surface area is 188 Å². The highest BCUT2D eigenvalue weighted by molar-refractivity contribution is 14.0. The predicted molar refractivity (Wildman–Crippen MR) is 123 cm³/mol. The Kier molecular flexibility index (Phi) is 9.02. The molecule has 1 aliphatic rings. The average Bonchev–Trinajstić information content (AvgIpc) is 3.11. The number of aryl methyl sites for hydroxylation is 1. The van der Waals surface area contributed by atoms with E-state index in [1.165, 1.54) is 0 Å². The molecular weight excluding hydrogens is 485 g/mol. The maximum atomic E-state index is 10.1. The zero-order valence-electron chi connectivity index (χ0n) is 17.2. The van der Waals surface area contributed by atoms with Crippen molar-refractivity contribution < 1.29 is 14.4 Å². The number of rotatable bonds is 6. The van der Waals surface area contributed by atoms with E-state index in [0.717, 1.165) is 62.2 Å². The van der Waals surface area contributed by atoms with Gasteiger partial charge in [0.15, 0.2) is 5.96 Å². The Morgan fingerprint density at radius 2 is 2.03 bits per heavy atom. The molecule has 0 bridgehead atoms. The molecule has 2 aromatic rings. The third-order valence-corrected chi connectivity index (χ3v) is 4.75. The Bertz CT molecular complexity index is 803. The van der Waals surface area contributed by atoms with Crippen LogP contribution in [0.2, 0.25) is 0 Å². The van der Waals surface area contributed by atoms with E-state index < -0.39 is 0 Å². The summed E-state index contributed by atoms with van der Waals surface area (Å²) < 4.78 is 10.4. The second-order valence-electron chi connectivity index (χ2n) is 6.86. The summed E-state index contributed by atoms with van der Waals surface area (Å²) in [5.41, 5.74) is 1.72. The van der Waals surface area contributed by atoms with Crippen LogP contribution >= 0.6 is 24.0 Å². The van der Waals surface area contributed by atoms with Crippen molar-refractivity contribution in [3.05, 3.63) is 41.3 Å². The third kappa shape index (κ3) is 6.49. The molecule has 0 spiro atoms. The first-order valence-electron chi connectivity index (χ1n) is 9.62. The maximum absolute atomic E-state index is 10.1. The fourth-order valence-corrected chi connectivity index (χ4v) is 3.24. The van der Waals surface area contributed by atoms with Gasteiger partial charge in [0, 0.05) is 50.9 Å². The molecule has 2 N–H and O–H groups in total. The number of hydrogen-bond acceptors (Lipinski definition) is 6. The summed E-state index contributed by atoms with van der Waals surface area (Å²) in [5, 5.41) is 17.5. The third-order valence-electron chi connectivity index (χ3n) is 4.75. The highest BCUT2D eigenvalue weighted by Gasteiger charge is 2.20.